The molecule has 1 aliphatic rings. The summed E-state index contributed by atoms with van der Waals surface area (Å²) in [6, 6.07) is 11.8. The first-order chi connectivity index (χ1) is 19.7. The van der Waals surface area contributed by atoms with Gasteiger partial charge in [0.25, 0.3) is 0 Å². The Bertz CT molecular complexity index is 1260. The molecule has 230 valence electrons. The van der Waals surface area contributed by atoms with Crippen LogP contribution >= 0.6 is 11.9 Å². The molecule has 4 N–H and O–H groups in total. The molecule has 2 aromatic carbocycles. The van der Waals surface area contributed by atoms with Crippen LogP contribution < -0.4 is 4.74 Å². The fourth-order valence-electron chi connectivity index (χ4n) is 4.44. The first-order valence-corrected chi connectivity index (χ1v) is 13.8. The largest absolute Gasteiger partial charge is 0.497 e. The van der Waals surface area contributed by atoms with Gasteiger partial charge in [-0.25, -0.2) is 4.79 Å². The molecule has 1 heterocycles. The number of carbonyl (C=O) groups is 4. The molecule has 0 aliphatic carbocycles. The van der Waals surface area contributed by atoms with Crippen LogP contribution in [0.2, 0.25) is 0 Å². The number of hydrogen-bond acceptors (Lipinski definition) is 11. The third kappa shape index (κ3) is 9.96. The van der Waals surface area contributed by atoms with Crippen molar-refractivity contribution in [3.05, 3.63) is 46.9 Å². The van der Waals surface area contributed by atoms with Gasteiger partial charge in [0.1, 0.15) is 5.75 Å². The Morgan fingerprint density at radius 3 is 2.12 bits per heavy atom. The van der Waals surface area contributed by atoms with Gasteiger partial charge >= 0.3 is 23.9 Å². The number of likely N-dealkylation sites (tertiary alicyclic amines) is 1. The Kier molecular flexibility index (Phi) is 12.7. The highest BCUT2D eigenvalue weighted by Crippen LogP contribution is 2.39. The van der Waals surface area contributed by atoms with Gasteiger partial charge in [0.2, 0.25) is 0 Å². The highest BCUT2D eigenvalue weighted by atomic mass is 32.2. The van der Waals surface area contributed by atoms with Gasteiger partial charge < -0.3 is 34.8 Å². The number of esters is 1. The first kappa shape index (κ1) is 34.5. The molecule has 0 saturated carbocycles. The monoisotopic (exact) mass is 608 g/mol. The maximum Gasteiger partial charge on any atom is 0.336 e. The van der Waals surface area contributed by atoms with Crippen molar-refractivity contribution in [2.45, 2.75) is 55.3 Å². The Morgan fingerprint density at radius 1 is 1.02 bits per heavy atom. The third-order valence-electron chi connectivity index (χ3n) is 7.14. The molecule has 0 radical (unpaired) electrons. The molecule has 1 fully saturated rings. The Morgan fingerprint density at radius 2 is 1.60 bits per heavy atom. The zero-order valence-corrected chi connectivity index (χ0v) is 24.5. The van der Waals surface area contributed by atoms with Crippen molar-refractivity contribution in [2.75, 3.05) is 33.9 Å². The molecule has 14 heteroatoms. The fraction of sp³-hybridized carbons (Fsp3) is 0.500. The first-order valence-electron chi connectivity index (χ1n) is 13.1. The fourth-order valence-corrected chi connectivity index (χ4v) is 5.14. The number of nitrogens with zero attached hydrogens (tertiary/aromatic N) is 2. The van der Waals surface area contributed by atoms with Crippen LogP contribution in [0.4, 0.5) is 0 Å². The summed E-state index contributed by atoms with van der Waals surface area (Å²) in [4.78, 5) is 56.2. The smallest absolute Gasteiger partial charge is 0.336 e. The van der Waals surface area contributed by atoms with Gasteiger partial charge in [-0.15, -0.1) is 4.91 Å². The molecule has 13 nitrogen and oxygen atoms in total. The summed E-state index contributed by atoms with van der Waals surface area (Å²) >= 11 is 1.10. The van der Waals surface area contributed by atoms with Crippen molar-refractivity contribution < 1.29 is 49.1 Å². The summed E-state index contributed by atoms with van der Waals surface area (Å²) in [5.74, 6) is -4.81. The number of ether oxygens (including phenoxy) is 2. The Labute approximate surface area is 246 Å². The lowest BCUT2D eigenvalue weighted by Crippen LogP contribution is -2.42. The maximum absolute atomic E-state index is 12.6. The normalized spacial score (nSPS) is 15.5. The van der Waals surface area contributed by atoms with Crippen LogP contribution in [-0.2, 0) is 23.9 Å². The van der Waals surface area contributed by atoms with E-state index in [1.54, 1.807) is 7.11 Å². The van der Waals surface area contributed by atoms with Gasteiger partial charge in [0, 0.05) is 21.3 Å². The van der Waals surface area contributed by atoms with Gasteiger partial charge in [0.05, 0.1) is 32.5 Å². The highest BCUT2D eigenvalue weighted by Gasteiger charge is 2.41. The molecule has 42 heavy (non-hydrogen) atoms. The van der Waals surface area contributed by atoms with Crippen LogP contribution in [0.15, 0.2) is 41.0 Å². The van der Waals surface area contributed by atoms with Crippen molar-refractivity contribution >= 4 is 46.6 Å². The minimum atomic E-state index is -2.74. The number of piperidine rings is 1. The predicted molar refractivity (Wildman–Crippen MR) is 154 cm³/mol. The van der Waals surface area contributed by atoms with E-state index in [1.165, 1.54) is 0 Å². The average Bonchev–Trinajstić information content (AvgIpc) is 2.93. The summed E-state index contributed by atoms with van der Waals surface area (Å²) in [5.41, 5.74) is -1.82. The molecule has 0 spiro atoms. The molecule has 2 aromatic rings. The number of aliphatic carboxylic acids is 3. The Hall–Kier alpha value is -3.75. The topological polar surface area (TPSA) is 200 Å². The van der Waals surface area contributed by atoms with Crippen LogP contribution in [0.25, 0.3) is 10.8 Å². The second-order valence-corrected chi connectivity index (χ2v) is 11.4. The second kappa shape index (κ2) is 15.5. The van der Waals surface area contributed by atoms with E-state index in [9.17, 15) is 24.1 Å². The van der Waals surface area contributed by atoms with Crippen LogP contribution in [-0.4, -0.2) is 93.4 Å². The lowest BCUT2D eigenvalue weighted by molar-refractivity contribution is -0.170. The van der Waals surface area contributed by atoms with Crippen LogP contribution in [0.1, 0.15) is 50.5 Å². The number of benzene rings is 2. The molecule has 0 amide bonds. The molecular formula is C28H36N2O11S. The summed E-state index contributed by atoms with van der Waals surface area (Å²) in [5, 5.41) is 35.9. The van der Waals surface area contributed by atoms with E-state index in [1.807, 2.05) is 43.3 Å². The molecule has 3 rings (SSSR count). The van der Waals surface area contributed by atoms with Crippen LogP contribution in [0.3, 0.4) is 0 Å². The quantitative estimate of drug-likeness (QED) is 0.146. The van der Waals surface area contributed by atoms with Gasteiger partial charge in [-0.05, 0) is 74.8 Å². The van der Waals surface area contributed by atoms with E-state index in [-0.39, 0.29) is 16.6 Å². The SMILES string of the molecule is COc1ccc2cc([C@H](C)C(=O)OCCC3(SN=O)CCN(C)CC3)ccc2c1.O=C(O)CC(O)(CC(=O)O)C(=O)O. The molecule has 0 unspecified atom stereocenters. The summed E-state index contributed by atoms with van der Waals surface area (Å²) in [6.07, 6.45) is 0.110. The standard InChI is InChI=1S/C22H28N2O4S.C6H8O7/c1-16(17-4-5-19-15-20(27-3)7-6-18(19)14-17)21(25)28-13-10-22(29-23-26)8-11-24(2)12-9-22;7-3(8)1-6(13,5(11)12)2-4(9)10/h4-7,14-16H,8-13H2,1-3H3;13H,1-2H2,(H,7,8)(H,9,10)(H,11,12)/t16-;/m0./s1. The van der Waals surface area contributed by atoms with Gasteiger partial charge in [-0.1, -0.05) is 24.3 Å². The van der Waals surface area contributed by atoms with Gasteiger partial charge in [0.15, 0.2) is 5.60 Å². The molecule has 0 bridgehead atoms. The minimum absolute atomic E-state index is 0.222. The van der Waals surface area contributed by atoms with Gasteiger partial charge in [-0.2, -0.15) is 0 Å². The number of fused-ring (bicyclic) bond motifs is 1. The number of rotatable bonds is 13. The predicted octanol–water partition coefficient (Wildman–Crippen LogP) is 3.52. The second-order valence-electron chi connectivity index (χ2n) is 10.2. The minimum Gasteiger partial charge on any atom is -0.497 e. The maximum atomic E-state index is 12.6. The number of carbonyl (C=O) groups excluding carboxylic acids is 1. The third-order valence-corrected chi connectivity index (χ3v) is 8.22. The lowest BCUT2D eigenvalue weighted by atomic mass is 9.93. The van der Waals surface area contributed by atoms with E-state index in [4.69, 9.17) is 29.9 Å². The zero-order chi connectivity index (χ0) is 31.5. The number of carboxylic acid groups (broad SMARTS) is 3. The average molecular weight is 609 g/mol. The van der Waals surface area contributed by atoms with E-state index in [0.29, 0.717) is 13.0 Å². The van der Waals surface area contributed by atoms with Crippen LogP contribution in [0, 0.1) is 4.91 Å². The number of carboxylic acids is 3. The number of methoxy groups -OCH3 is 1. The summed E-state index contributed by atoms with van der Waals surface area (Å²) in [6.45, 7) is 4.02. The van der Waals surface area contributed by atoms with Crippen molar-refractivity contribution in [3.8, 4) is 5.75 Å². The van der Waals surface area contributed by atoms with Crippen molar-refractivity contribution in [2.24, 2.45) is 4.58 Å². The molecule has 1 aliphatic heterocycles. The number of aliphatic hydroxyl groups is 1. The number of hydrogen-bond donors (Lipinski definition) is 4. The highest BCUT2D eigenvalue weighted by molar-refractivity contribution is 7.99. The molecular weight excluding hydrogens is 572 g/mol. The van der Waals surface area contributed by atoms with E-state index >= 15 is 0 Å². The zero-order valence-electron chi connectivity index (χ0n) is 23.6. The van der Waals surface area contributed by atoms with Crippen molar-refractivity contribution in [1.82, 2.24) is 4.90 Å². The van der Waals surface area contributed by atoms with E-state index in [0.717, 1.165) is 60.0 Å². The summed E-state index contributed by atoms with van der Waals surface area (Å²) in [7, 11) is 3.72. The molecule has 1 atom stereocenters. The molecule has 1 saturated heterocycles. The number of nitroso groups, excluding NO2 is 1. The van der Waals surface area contributed by atoms with Crippen LogP contribution in [0.5, 0.6) is 5.75 Å². The van der Waals surface area contributed by atoms with Crippen molar-refractivity contribution in [1.29, 1.82) is 0 Å². The summed E-state index contributed by atoms with van der Waals surface area (Å²) < 4.78 is 13.7. The van der Waals surface area contributed by atoms with E-state index in [2.05, 4.69) is 16.5 Å². The Balaban J connectivity index is 0.000000401. The van der Waals surface area contributed by atoms with E-state index < -0.39 is 36.4 Å². The van der Waals surface area contributed by atoms with Gasteiger partial charge in [-0.3, -0.25) is 14.4 Å². The van der Waals surface area contributed by atoms with Crippen molar-refractivity contribution in [3.63, 3.8) is 0 Å². The lowest BCUT2D eigenvalue weighted by Gasteiger charge is -2.37. The molecule has 0 aromatic heterocycles.